The summed E-state index contributed by atoms with van der Waals surface area (Å²) in [6.45, 7) is 4.55. The van der Waals surface area contributed by atoms with E-state index in [1.807, 2.05) is 14.0 Å². The lowest BCUT2D eigenvalue weighted by atomic mass is 9.44. The number of methoxy groups -OCH3 is 1. The van der Waals surface area contributed by atoms with Gasteiger partial charge in [0.2, 0.25) is 0 Å². The van der Waals surface area contributed by atoms with Crippen molar-refractivity contribution in [2.45, 2.75) is 96.7 Å². The molecule has 0 aromatic rings. The number of hydrogen-bond acceptors (Lipinski definition) is 2. The molecule has 4 fully saturated rings. The fourth-order valence-corrected chi connectivity index (χ4v) is 8.24. The maximum absolute atomic E-state index is 10.2. The van der Waals surface area contributed by atoms with E-state index in [0.29, 0.717) is 16.9 Å². The highest BCUT2D eigenvalue weighted by Crippen LogP contribution is 2.67. The number of rotatable bonds is 3. The normalized spacial score (nSPS) is 50.2. The first kappa shape index (κ1) is 18.8. The molecule has 4 aliphatic rings. The lowest BCUT2D eigenvalue weighted by molar-refractivity contribution is -0.144. The summed E-state index contributed by atoms with van der Waals surface area (Å²) in [4.78, 5) is 0. The van der Waals surface area contributed by atoms with Gasteiger partial charge >= 0.3 is 0 Å². The van der Waals surface area contributed by atoms with E-state index in [4.69, 9.17) is 4.74 Å². The Hall–Kier alpha value is -0.520. The SMILES string of the molecule is CC#CCC[C@]12CC[C@H]3[C@@H](CC[C@@H]4C[C@H](O)CC[C@@]43C)[C@@H]1CC[C@@H]2OC. The van der Waals surface area contributed by atoms with Crippen LogP contribution in [-0.2, 0) is 4.74 Å². The molecule has 0 radical (unpaired) electrons. The highest BCUT2D eigenvalue weighted by molar-refractivity contribution is 5.12. The van der Waals surface area contributed by atoms with Gasteiger partial charge in [-0.3, -0.25) is 0 Å². The molecule has 0 saturated heterocycles. The Morgan fingerprint density at radius 1 is 1.04 bits per heavy atom. The molecule has 0 aromatic carbocycles. The molecule has 1 N–H and O–H groups in total. The van der Waals surface area contributed by atoms with Crippen LogP contribution in [0.3, 0.4) is 0 Å². The number of aliphatic hydroxyl groups excluding tert-OH is 1. The zero-order valence-electron chi connectivity index (χ0n) is 17.1. The fourth-order valence-electron chi connectivity index (χ4n) is 8.24. The molecule has 8 atom stereocenters. The van der Waals surface area contributed by atoms with Gasteiger partial charge in [-0.1, -0.05) is 6.92 Å². The largest absolute Gasteiger partial charge is 0.393 e. The van der Waals surface area contributed by atoms with Crippen LogP contribution >= 0.6 is 0 Å². The molecule has 0 amide bonds. The van der Waals surface area contributed by atoms with Crippen molar-refractivity contribution >= 4 is 0 Å². The molecular formula is C24H38O2. The Morgan fingerprint density at radius 3 is 2.65 bits per heavy atom. The number of fused-ring (bicyclic) bond motifs is 5. The Balaban J connectivity index is 1.60. The summed E-state index contributed by atoms with van der Waals surface area (Å²) in [5, 5.41) is 10.2. The molecule has 4 aliphatic carbocycles. The van der Waals surface area contributed by atoms with E-state index in [1.165, 1.54) is 51.4 Å². The summed E-state index contributed by atoms with van der Waals surface area (Å²) in [7, 11) is 1.94. The van der Waals surface area contributed by atoms with E-state index in [9.17, 15) is 5.11 Å². The van der Waals surface area contributed by atoms with Crippen molar-refractivity contribution in [3.05, 3.63) is 0 Å². The molecule has 0 spiro atoms. The van der Waals surface area contributed by atoms with Crippen LogP contribution in [0.1, 0.15) is 84.5 Å². The third-order valence-corrected chi connectivity index (χ3v) is 9.45. The van der Waals surface area contributed by atoms with Crippen LogP contribution in [0, 0.1) is 46.3 Å². The molecule has 26 heavy (non-hydrogen) atoms. The second-order valence-electron chi connectivity index (χ2n) is 10.1. The summed E-state index contributed by atoms with van der Waals surface area (Å²) in [5.41, 5.74) is 0.861. The second kappa shape index (κ2) is 7.14. The van der Waals surface area contributed by atoms with E-state index in [1.54, 1.807) is 0 Å². The van der Waals surface area contributed by atoms with Crippen LogP contribution in [0.15, 0.2) is 0 Å². The first-order valence-corrected chi connectivity index (χ1v) is 11.2. The average Bonchev–Trinajstić information content (AvgIpc) is 3.01. The molecule has 2 heteroatoms. The van der Waals surface area contributed by atoms with Gasteiger partial charge in [0.15, 0.2) is 0 Å². The maximum Gasteiger partial charge on any atom is 0.0630 e. The first-order chi connectivity index (χ1) is 12.5. The molecule has 4 rings (SSSR count). The molecule has 0 bridgehead atoms. The lowest BCUT2D eigenvalue weighted by Crippen LogP contribution is -2.55. The van der Waals surface area contributed by atoms with E-state index in [-0.39, 0.29) is 6.10 Å². The minimum atomic E-state index is -0.0377. The van der Waals surface area contributed by atoms with Gasteiger partial charge in [-0.05, 0) is 100 Å². The van der Waals surface area contributed by atoms with E-state index in [2.05, 4.69) is 18.8 Å². The minimum Gasteiger partial charge on any atom is -0.393 e. The molecule has 2 nitrogen and oxygen atoms in total. The van der Waals surface area contributed by atoms with Crippen molar-refractivity contribution < 1.29 is 9.84 Å². The maximum atomic E-state index is 10.2. The summed E-state index contributed by atoms with van der Waals surface area (Å²) < 4.78 is 6.06. The first-order valence-electron chi connectivity index (χ1n) is 11.2. The second-order valence-corrected chi connectivity index (χ2v) is 10.1. The van der Waals surface area contributed by atoms with Crippen molar-refractivity contribution in [1.82, 2.24) is 0 Å². The third kappa shape index (κ3) is 2.77. The summed E-state index contributed by atoms with van der Waals surface area (Å²) in [6, 6.07) is 0. The number of hydrogen-bond donors (Lipinski definition) is 1. The smallest absolute Gasteiger partial charge is 0.0630 e. The highest BCUT2D eigenvalue weighted by atomic mass is 16.5. The van der Waals surface area contributed by atoms with Gasteiger partial charge in [0.05, 0.1) is 12.2 Å². The van der Waals surface area contributed by atoms with Crippen LogP contribution < -0.4 is 0 Å². The van der Waals surface area contributed by atoms with Crippen LogP contribution in [0.5, 0.6) is 0 Å². The Labute approximate surface area is 160 Å². The molecule has 146 valence electrons. The van der Waals surface area contributed by atoms with Gasteiger partial charge in [-0.2, -0.15) is 0 Å². The van der Waals surface area contributed by atoms with Crippen molar-refractivity contribution in [1.29, 1.82) is 0 Å². The third-order valence-electron chi connectivity index (χ3n) is 9.45. The van der Waals surface area contributed by atoms with Crippen LogP contribution in [0.4, 0.5) is 0 Å². The van der Waals surface area contributed by atoms with Crippen LogP contribution in [0.25, 0.3) is 0 Å². The highest BCUT2D eigenvalue weighted by Gasteiger charge is 2.61. The van der Waals surface area contributed by atoms with Gasteiger partial charge < -0.3 is 9.84 Å². The van der Waals surface area contributed by atoms with E-state index >= 15 is 0 Å². The van der Waals surface area contributed by atoms with E-state index < -0.39 is 0 Å². The van der Waals surface area contributed by atoms with Gasteiger partial charge in [-0.25, -0.2) is 0 Å². The number of ether oxygens (including phenoxy) is 1. The van der Waals surface area contributed by atoms with Gasteiger partial charge in [-0.15, -0.1) is 11.8 Å². The van der Waals surface area contributed by atoms with Crippen LogP contribution in [-0.4, -0.2) is 24.4 Å². The number of aliphatic hydroxyl groups is 1. The Bertz CT molecular complexity index is 574. The van der Waals surface area contributed by atoms with Crippen molar-refractivity contribution in [2.75, 3.05) is 7.11 Å². The lowest BCUT2D eigenvalue weighted by Gasteiger charge is -2.61. The molecule has 0 aliphatic heterocycles. The summed E-state index contributed by atoms with van der Waals surface area (Å²) >= 11 is 0. The molecule has 0 aromatic heterocycles. The average molecular weight is 359 g/mol. The van der Waals surface area contributed by atoms with E-state index in [0.717, 1.165) is 42.9 Å². The Morgan fingerprint density at radius 2 is 1.88 bits per heavy atom. The van der Waals surface area contributed by atoms with Crippen molar-refractivity contribution in [3.63, 3.8) is 0 Å². The van der Waals surface area contributed by atoms with Gasteiger partial charge in [0, 0.05) is 18.9 Å². The molecule has 4 saturated carbocycles. The standard InChI is InChI=1S/C24H38O2/c1-4-5-6-13-24-15-12-20-19(21(24)9-10-22(24)26-3)8-7-17-16-18(25)11-14-23(17,20)2/h17-22,25H,6-16H2,1-3H3/t17-,18-,19-,20+,21+,22+,23+,24+/m1/s1. The molecular weight excluding hydrogens is 320 g/mol. The molecule has 0 heterocycles. The zero-order chi connectivity index (χ0) is 18.4. The molecule has 0 unspecified atom stereocenters. The Kier molecular flexibility index (Phi) is 5.17. The quantitative estimate of drug-likeness (QED) is 0.704. The minimum absolute atomic E-state index is 0.0377. The topological polar surface area (TPSA) is 29.5 Å². The van der Waals surface area contributed by atoms with Crippen LogP contribution in [0.2, 0.25) is 0 Å². The predicted octanol–water partition coefficient (Wildman–Crippen LogP) is 5.19. The summed E-state index contributed by atoms with van der Waals surface area (Å²) in [5.74, 6) is 9.81. The fraction of sp³-hybridized carbons (Fsp3) is 0.917. The van der Waals surface area contributed by atoms with Crippen molar-refractivity contribution in [3.8, 4) is 11.8 Å². The van der Waals surface area contributed by atoms with Crippen molar-refractivity contribution in [2.24, 2.45) is 34.5 Å². The zero-order valence-corrected chi connectivity index (χ0v) is 17.1. The summed E-state index contributed by atoms with van der Waals surface area (Å²) in [6.07, 6.45) is 14.1. The monoisotopic (exact) mass is 358 g/mol. The van der Waals surface area contributed by atoms with Gasteiger partial charge in [0.25, 0.3) is 0 Å². The van der Waals surface area contributed by atoms with Gasteiger partial charge in [0.1, 0.15) is 0 Å². The predicted molar refractivity (Wildman–Crippen MR) is 106 cm³/mol.